The van der Waals surface area contributed by atoms with Gasteiger partial charge in [-0.25, -0.2) is 0 Å². The molecule has 0 unspecified atom stereocenters. The molecule has 0 fully saturated rings. The lowest BCUT2D eigenvalue weighted by Gasteiger charge is -2.35. The first-order valence-electron chi connectivity index (χ1n) is 12.2. The third kappa shape index (κ3) is 6.65. The number of hydrogen-bond acceptors (Lipinski definition) is 6. The molecule has 8 nitrogen and oxygen atoms in total. The second kappa shape index (κ2) is 12.2. The van der Waals surface area contributed by atoms with Crippen molar-refractivity contribution in [1.82, 2.24) is 14.8 Å². The number of anilines is 1. The topological polar surface area (TPSA) is 95.0 Å². The molecule has 0 saturated carbocycles. The van der Waals surface area contributed by atoms with E-state index in [4.69, 9.17) is 16.3 Å². The van der Waals surface area contributed by atoms with Gasteiger partial charge in [-0.1, -0.05) is 29.8 Å². The van der Waals surface area contributed by atoms with Gasteiger partial charge in [0.1, 0.15) is 6.10 Å². The fourth-order valence-corrected chi connectivity index (χ4v) is 4.61. The molecular weight excluding hydrogens is 492 g/mol. The van der Waals surface area contributed by atoms with Crippen LogP contribution in [0.5, 0.6) is 5.75 Å². The maximum Gasteiger partial charge on any atom is 0.258 e. The number of hydrogen-bond donors (Lipinski definition) is 2. The molecule has 0 radical (unpaired) electrons. The summed E-state index contributed by atoms with van der Waals surface area (Å²) in [5.74, 6) is -0.252. The molecule has 37 heavy (non-hydrogen) atoms. The number of nitrogens with zero attached hydrogens (tertiary/aromatic N) is 3. The zero-order valence-electron chi connectivity index (χ0n) is 20.9. The van der Waals surface area contributed by atoms with Gasteiger partial charge in [-0.15, -0.1) is 0 Å². The Morgan fingerprint density at radius 1 is 1.24 bits per heavy atom. The number of likely N-dealkylation sites (N-methyl/N-ethyl adjacent to an activating group) is 1. The molecule has 9 heteroatoms. The summed E-state index contributed by atoms with van der Waals surface area (Å²) in [6.07, 6.45) is 3.38. The zero-order valence-corrected chi connectivity index (χ0v) is 21.7. The molecule has 2 N–H and O–H groups in total. The summed E-state index contributed by atoms with van der Waals surface area (Å²) in [5.41, 5.74) is 2.28. The summed E-state index contributed by atoms with van der Waals surface area (Å²) in [5, 5.41) is 13.4. The molecule has 2 aromatic carbocycles. The van der Waals surface area contributed by atoms with E-state index in [2.05, 4.69) is 15.2 Å². The SMILES string of the molecule is C[C@@H](CO)N1CC[C@H](CN(C)Cc2cccc(Cl)c2)Oc2c(NC(=O)c3ccncc3)cccc2C1=O. The predicted molar refractivity (Wildman–Crippen MR) is 143 cm³/mol. The van der Waals surface area contributed by atoms with Crippen LogP contribution in [0.2, 0.25) is 5.02 Å². The van der Waals surface area contributed by atoms with Crippen LogP contribution in [-0.4, -0.2) is 70.6 Å². The van der Waals surface area contributed by atoms with E-state index in [1.807, 2.05) is 38.2 Å². The number of rotatable bonds is 8. The average molecular weight is 523 g/mol. The van der Waals surface area contributed by atoms with E-state index in [1.165, 1.54) is 0 Å². The van der Waals surface area contributed by atoms with E-state index in [-0.39, 0.29) is 30.6 Å². The van der Waals surface area contributed by atoms with Crippen LogP contribution in [0.25, 0.3) is 0 Å². The quantitative estimate of drug-likeness (QED) is 0.462. The van der Waals surface area contributed by atoms with E-state index in [0.29, 0.717) is 53.6 Å². The van der Waals surface area contributed by atoms with Crippen molar-refractivity contribution in [3.8, 4) is 5.75 Å². The van der Waals surface area contributed by atoms with E-state index >= 15 is 0 Å². The largest absolute Gasteiger partial charge is 0.486 e. The number of carbonyl (C=O) groups is 2. The van der Waals surface area contributed by atoms with Gasteiger partial charge in [0.2, 0.25) is 0 Å². The molecule has 1 aliphatic heterocycles. The number of nitrogens with one attached hydrogen (secondary N) is 1. The van der Waals surface area contributed by atoms with Crippen LogP contribution in [-0.2, 0) is 6.54 Å². The van der Waals surface area contributed by atoms with Gasteiger partial charge in [0.15, 0.2) is 5.75 Å². The van der Waals surface area contributed by atoms with Gasteiger partial charge in [-0.2, -0.15) is 0 Å². The minimum Gasteiger partial charge on any atom is -0.486 e. The van der Waals surface area contributed by atoms with Crippen LogP contribution in [0.1, 0.15) is 39.6 Å². The number of halogens is 1. The maximum absolute atomic E-state index is 13.5. The summed E-state index contributed by atoms with van der Waals surface area (Å²) in [4.78, 5) is 34.2. The number of ether oxygens (including phenoxy) is 1. The number of carbonyl (C=O) groups excluding carboxylic acids is 2. The highest BCUT2D eigenvalue weighted by Gasteiger charge is 2.31. The number of benzene rings is 2. The number of para-hydroxylation sites is 1. The van der Waals surface area contributed by atoms with E-state index < -0.39 is 0 Å². The first-order valence-corrected chi connectivity index (χ1v) is 12.6. The highest BCUT2D eigenvalue weighted by atomic mass is 35.5. The molecule has 194 valence electrons. The Morgan fingerprint density at radius 3 is 2.73 bits per heavy atom. The molecule has 2 amide bonds. The molecule has 0 bridgehead atoms. The van der Waals surface area contributed by atoms with E-state index in [1.54, 1.807) is 47.6 Å². The third-order valence-electron chi connectivity index (χ3n) is 6.33. The summed E-state index contributed by atoms with van der Waals surface area (Å²) < 4.78 is 6.46. The summed E-state index contributed by atoms with van der Waals surface area (Å²) in [7, 11) is 2.00. The van der Waals surface area contributed by atoms with Crippen molar-refractivity contribution in [2.24, 2.45) is 0 Å². The Hall–Kier alpha value is -3.46. The number of amides is 2. The number of aliphatic hydroxyl groups is 1. The molecule has 2 heterocycles. The molecule has 0 aliphatic carbocycles. The molecule has 2 atom stereocenters. The number of fused-ring (bicyclic) bond motifs is 1. The number of aliphatic hydroxyl groups excluding tert-OH is 1. The van der Waals surface area contributed by atoms with E-state index in [0.717, 1.165) is 5.56 Å². The van der Waals surface area contributed by atoms with Crippen molar-refractivity contribution in [3.05, 3.63) is 88.7 Å². The van der Waals surface area contributed by atoms with Gasteiger partial charge in [0.25, 0.3) is 11.8 Å². The Balaban J connectivity index is 1.62. The highest BCUT2D eigenvalue weighted by molar-refractivity contribution is 6.30. The number of pyridine rings is 1. The van der Waals surface area contributed by atoms with Crippen molar-refractivity contribution in [2.45, 2.75) is 32.0 Å². The summed E-state index contributed by atoms with van der Waals surface area (Å²) in [6.45, 7) is 3.34. The smallest absolute Gasteiger partial charge is 0.258 e. The normalized spacial score (nSPS) is 16.4. The lowest BCUT2D eigenvalue weighted by molar-refractivity contribution is 0.0503. The Kier molecular flexibility index (Phi) is 8.76. The zero-order chi connectivity index (χ0) is 26.4. The van der Waals surface area contributed by atoms with Gasteiger partial charge in [0.05, 0.1) is 23.9 Å². The molecule has 1 aromatic heterocycles. The molecule has 0 spiro atoms. The second-order valence-corrected chi connectivity index (χ2v) is 9.69. The van der Waals surface area contributed by atoms with Gasteiger partial charge < -0.3 is 20.1 Å². The van der Waals surface area contributed by atoms with Crippen molar-refractivity contribution < 1.29 is 19.4 Å². The minimum atomic E-state index is -0.363. The van der Waals surface area contributed by atoms with Gasteiger partial charge >= 0.3 is 0 Å². The minimum absolute atomic E-state index is 0.153. The van der Waals surface area contributed by atoms with Crippen LogP contribution in [0.15, 0.2) is 67.0 Å². The molecule has 0 saturated heterocycles. The van der Waals surface area contributed by atoms with Crippen molar-refractivity contribution in [3.63, 3.8) is 0 Å². The molecule has 1 aliphatic rings. The Bertz CT molecular complexity index is 1240. The van der Waals surface area contributed by atoms with Crippen LogP contribution in [0.3, 0.4) is 0 Å². The standard InChI is InChI=1S/C28H31ClN4O4/c1-19(18-34)33-14-11-23(17-32(2)16-20-5-3-6-22(29)15-20)37-26-24(28(33)36)7-4-8-25(26)31-27(35)21-9-12-30-13-10-21/h3-10,12-13,15,19,23,34H,11,14,16-18H2,1-2H3,(H,31,35)/t19-,23+/m0/s1. The lowest BCUT2D eigenvalue weighted by atomic mass is 10.1. The first kappa shape index (κ1) is 26.6. The fraction of sp³-hybridized carbons (Fsp3) is 0.321. The van der Waals surface area contributed by atoms with Crippen molar-refractivity contribution in [2.75, 3.05) is 32.1 Å². The average Bonchev–Trinajstić information content (AvgIpc) is 2.88. The fourth-order valence-electron chi connectivity index (χ4n) is 4.40. The van der Waals surface area contributed by atoms with Crippen LogP contribution < -0.4 is 10.1 Å². The number of aromatic nitrogens is 1. The van der Waals surface area contributed by atoms with Gasteiger partial charge in [0, 0.05) is 49.0 Å². The first-order chi connectivity index (χ1) is 17.9. The molecular formula is C28H31ClN4O4. The summed E-state index contributed by atoms with van der Waals surface area (Å²) >= 11 is 6.15. The molecule has 4 rings (SSSR count). The van der Waals surface area contributed by atoms with Gasteiger partial charge in [-0.3, -0.25) is 19.5 Å². The van der Waals surface area contributed by atoms with Crippen molar-refractivity contribution in [1.29, 1.82) is 0 Å². The maximum atomic E-state index is 13.5. The summed E-state index contributed by atoms with van der Waals surface area (Å²) in [6, 6.07) is 15.7. The Morgan fingerprint density at radius 2 is 2.00 bits per heavy atom. The van der Waals surface area contributed by atoms with E-state index in [9.17, 15) is 14.7 Å². The molecule has 3 aromatic rings. The van der Waals surface area contributed by atoms with Crippen LogP contribution in [0, 0.1) is 0 Å². The highest BCUT2D eigenvalue weighted by Crippen LogP contribution is 2.34. The predicted octanol–water partition coefficient (Wildman–Crippen LogP) is 4.09. The van der Waals surface area contributed by atoms with Crippen molar-refractivity contribution >= 4 is 29.1 Å². The monoisotopic (exact) mass is 522 g/mol. The second-order valence-electron chi connectivity index (χ2n) is 9.26. The lowest BCUT2D eigenvalue weighted by Crippen LogP contribution is -2.46. The van der Waals surface area contributed by atoms with Gasteiger partial charge in [-0.05, 0) is 55.9 Å². The van der Waals surface area contributed by atoms with Crippen LogP contribution in [0.4, 0.5) is 5.69 Å². The Labute approximate surface area is 221 Å². The van der Waals surface area contributed by atoms with Crippen LogP contribution >= 0.6 is 11.6 Å². The third-order valence-corrected chi connectivity index (χ3v) is 6.56.